The Morgan fingerprint density at radius 2 is 1.89 bits per heavy atom. The van der Waals surface area contributed by atoms with Gasteiger partial charge in [-0.3, -0.25) is 14.5 Å². The molecule has 1 saturated heterocycles. The molecular weight excluding hydrogens is 228 g/mol. The van der Waals surface area contributed by atoms with Gasteiger partial charge in [-0.05, 0) is 25.8 Å². The Labute approximate surface area is 110 Å². The van der Waals surface area contributed by atoms with Gasteiger partial charge in [-0.1, -0.05) is 33.6 Å². The Morgan fingerprint density at radius 1 is 1.22 bits per heavy atom. The van der Waals surface area contributed by atoms with Crippen molar-refractivity contribution < 1.29 is 9.59 Å². The first kappa shape index (κ1) is 15.2. The summed E-state index contributed by atoms with van der Waals surface area (Å²) in [7, 11) is 0. The molecule has 0 aliphatic carbocycles. The summed E-state index contributed by atoms with van der Waals surface area (Å²) in [5, 5.41) is 3.22. The summed E-state index contributed by atoms with van der Waals surface area (Å²) in [6.07, 6.45) is 5.42. The van der Waals surface area contributed by atoms with Crippen molar-refractivity contribution in [1.82, 2.24) is 10.2 Å². The van der Waals surface area contributed by atoms with E-state index < -0.39 is 0 Å². The van der Waals surface area contributed by atoms with Crippen LogP contribution in [-0.4, -0.2) is 35.3 Å². The van der Waals surface area contributed by atoms with Gasteiger partial charge in [-0.15, -0.1) is 0 Å². The highest BCUT2D eigenvalue weighted by Gasteiger charge is 2.40. The van der Waals surface area contributed by atoms with Crippen LogP contribution in [0.3, 0.4) is 0 Å². The van der Waals surface area contributed by atoms with Crippen LogP contribution in [0, 0.1) is 0 Å². The zero-order valence-electron chi connectivity index (χ0n) is 11.9. The third-order valence-electron chi connectivity index (χ3n) is 3.66. The van der Waals surface area contributed by atoms with E-state index in [-0.39, 0.29) is 23.9 Å². The van der Waals surface area contributed by atoms with Crippen LogP contribution in [0.5, 0.6) is 0 Å². The number of likely N-dealkylation sites (tertiary alicyclic amines) is 1. The second kappa shape index (κ2) is 7.52. The molecule has 0 aromatic carbocycles. The van der Waals surface area contributed by atoms with Gasteiger partial charge in [0, 0.05) is 6.04 Å². The van der Waals surface area contributed by atoms with Gasteiger partial charge in [0.05, 0.1) is 12.5 Å². The standard InChI is InChI=1S/C14H26N2O2/c1-4-7-8-9-15-12-10-13(17)16(14(12)18)11(5-2)6-3/h11-12,15H,4-10H2,1-3H3. The average Bonchev–Trinajstić information content (AvgIpc) is 2.64. The molecule has 104 valence electrons. The highest BCUT2D eigenvalue weighted by molar-refractivity contribution is 6.05. The maximum atomic E-state index is 12.2. The molecule has 4 nitrogen and oxygen atoms in total. The number of rotatable bonds is 8. The second-order valence-electron chi connectivity index (χ2n) is 4.99. The molecule has 1 aliphatic rings. The Bertz CT molecular complexity index is 288. The van der Waals surface area contributed by atoms with Crippen molar-refractivity contribution >= 4 is 11.8 Å². The normalized spacial score (nSPS) is 20.2. The van der Waals surface area contributed by atoms with E-state index in [1.165, 1.54) is 11.3 Å². The van der Waals surface area contributed by atoms with Crippen molar-refractivity contribution in [2.45, 2.75) is 71.4 Å². The molecule has 1 rings (SSSR count). The molecule has 0 aromatic heterocycles. The summed E-state index contributed by atoms with van der Waals surface area (Å²) in [4.78, 5) is 25.6. The van der Waals surface area contributed by atoms with Crippen LogP contribution in [-0.2, 0) is 9.59 Å². The molecule has 18 heavy (non-hydrogen) atoms. The quantitative estimate of drug-likeness (QED) is 0.533. The van der Waals surface area contributed by atoms with Crippen molar-refractivity contribution in [2.24, 2.45) is 0 Å². The maximum absolute atomic E-state index is 12.2. The van der Waals surface area contributed by atoms with E-state index in [2.05, 4.69) is 12.2 Å². The van der Waals surface area contributed by atoms with Gasteiger partial charge < -0.3 is 5.32 Å². The van der Waals surface area contributed by atoms with Gasteiger partial charge in [-0.25, -0.2) is 0 Å². The first-order valence-corrected chi connectivity index (χ1v) is 7.24. The molecule has 1 N–H and O–H groups in total. The van der Waals surface area contributed by atoms with E-state index in [1.807, 2.05) is 13.8 Å². The van der Waals surface area contributed by atoms with Gasteiger partial charge in [-0.2, -0.15) is 0 Å². The number of amides is 2. The highest BCUT2D eigenvalue weighted by atomic mass is 16.2. The lowest BCUT2D eigenvalue weighted by Gasteiger charge is -2.24. The highest BCUT2D eigenvalue weighted by Crippen LogP contribution is 2.20. The topological polar surface area (TPSA) is 49.4 Å². The fraction of sp³-hybridized carbons (Fsp3) is 0.857. The van der Waals surface area contributed by atoms with E-state index in [0.717, 1.165) is 32.2 Å². The molecule has 0 saturated carbocycles. The minimum atomic E-state index is -0.282. The zero-order chi connectivity index (χ0) is 13.5. The Morgan fingerprint density at radius 3 is 2.44 bits per heavy atom. The summed E-state index contributed by atoms with van der Waals surface area (Å²) in [5.41, 5.74) is 0. The smallest absolute Gasteiger partial charge is 0.247 e. The van der Waals surface area contributed by atoms with Crippen LogP contribution >= 0.6 is 0 Å². The molecule has 0 aromatic rings. The van der Waals surface area contributed by atoms with Crippen molar-refractivity contribution in [2.75, 3.05) is 6.54 Å². The molecule has 1 unspecified atom stereocenters. The van der Waals surface area contributed by atoms with Crippen molar-refractivity contribution in [1.29, 1.82) is 0 Å². The molecule has 2 amide bonds. The van der Waals surface area contributed by atoms with Crippen molar-refractivity contribution in [3.8, 4) is 0 Å². The van der Waals surface area contributed by atoms with Gasteiger partial charge in [0.2, 0.25) is 11.8 Å². The molecule has 1 fully saturated rings. The summed E-state index contributed by atoms with van der Waals surface area (Å²) in [6.45, 7) is 7.03. The van der Waals surface area contributed by atoms with Crippen LogP contribution in [0.15, 0.2) is 0 Å². The predicted molar refractivity (Wildman–Crippen MR) is 72.2 cm³/mol. The van der Waals surface area contributed by atoms with Gasteiger partial charge in [0.15, 0.2) is 0 Å². The molecule has 0 spiro atoms. The van der Waals surface area contributed by atoms with Crippen LogP contribution in [0.1, 0.15) is 59.3 Å². The Hall–Kier alpha value is -0.900. The van der Waals surface area contributed by atoms with Crippen LogP contribution in [0.25, 0.3) is 0 Å². The average molecular weight is 254 g/mol. The summed E-state index contributed by atoms with van der Waals surface area (Å²) in [6, 6.07) is -0.206. The van der Waals surface area contributed by atoms with Gasteiger partial charge in [0.25, 0.3) is 0 Å². The van der Waals surface area contributed by atoms with E-state index in [0.29, 0.717) is 6.42 Å². The van der Waals surface area contributed by atoms with E-state index >= 15 is 0 Å². The monoisotopic (exact) mass is 254 g/mol. The first-order chi connectivity index (χ1) is 8.65. The maximum Gasteiger partial charge on any atom is 0.247 e. The number of nitrogens with zero attached hydrogens (tertiary/aromatic N) is 1. The van der Waals surface area contributed by atoms with Crippen molar-refractivity contribution in [3.05, 3.63) is 0 Å². The zero-order valence-corrected chi connectivity index (χ0v) is 11.9. The molecule has 0 bridgehead atoms. The first-order valence-electron chi connectivity index (χ1n) is 7.24. The summed E-state index contributed by atoms with van der Waals surface area (Å²) >= 11 is 0. The number of imide groups is 1. The predicted octanol–water partition coefficient (Wildman–Crippen LogP) is 2.08. The van der Waals surface area contributed by atoms with Gasteiger partial charge >= 0.3 is 0 Å². The van der Waals surface area contributed by atoms with Crippen LogP contribution in [0.2, 0.25) is 0 Å². The third kappa shape index (κ3) is 3.55. The lowest BCUT2D eigenvalue weighted by molar-refractivity contribution is -0.141. The molecule has 0 radical (unpaired) electrons. The second-order valence-corrected chi connectivity index (χ2v) is 4.99. The Balaban J connectivity index is 2.50. The number of carbonyl (C=O) groups is 2. The molecule has 4 heteroatoms. The molecular formula is C14H26N2O2. The minimum absolute atomic E-state index is 0.0123. The fourth-order valence-corrected chi connectivity index (χ4v) is 2.50. The minimum Gasteiger partial charge on any atom is -0.305 e. The molecule has 1 heterocycles. The molecule has 1 atom stereocenters. The van der Waals surface area contributed by atoms with Crippen LogP contribution < -0.4 is 5.32 Å². The number of nitrogens with one attached hydrogen (secondary N) is 1. The number of unbranched alkanes of at least 4 members (excludes halogenated alkanes) is 2. The van der Waals surface area contributed by atoms with E-state index in [9.17, 15) is 9.59 Å². The summed E-state index contributed by atoms with van der Waals surface area (Å²) in [5.74, 6) is -0.0353. The van der Waals surface area contributed by atoms with Gasteiger partial charge in [0.1, 0.15) is 0 Å². The number of hydrogen-bond donors (Lipinski definition) is 1. The summed E-state index contributed by atoms with van der Waals surface area (Å²) < 4.78 is 0. The van der Waals surface area contributed by atoms with Crippen LogP contribution in [0.4, 0.5) is 0 Å². The largest absolute Gasteiger partial charge is 0.305 e. The number of hydrogen-bond acceptors (Lipinski definition) is 3. The Kier molecular flexibility index (Phi) is 6.33. The van der Waals surface area contributed by atoms with E-state index in [1.54, 1.807) is 0 Å². The molecule has 1 aliphatic heterocycles. The number of carbonyl (C=O) groups excluding carboxylic acids is 2. The van der Waals surface area contributed by atoms with Crippen molar-refractivity contribution in [3.63, 3.8) is 0 Å². The lowest BCUT2D eigenvalue weighted by Crippen LogP contribution is -2.43. The third-order valence-corrected chi connectivity index (χ3v) is 3.66. The van der Waals surface area contributed by atoms with E-state index in [4.69, 9.17) is 0 Å². The fourth-order valence-electron chi connectivity index (χ4n) is 2.50. The lowest BCUT2D eigenvalue weighted by atomic mass is 10.1. The SMILES string of the molecule is CCCCCNC1CC(=O)N(C(CC)CC)C1=O.